The molecule has 0 aliphatic heterocycles. The molecule has 2 aromatic rings. The summed E-state index contributed by atoms with van der Waals surface area (Å²) < 4.78 is 0. The van der Waals surface area contributed by atoms with Crippen molar-refractivity contribution in [1.82, 2.24) is 4.98 Å². The van der Waals surface area contributed by atoms with E-state index < -0.39 is 0 Å². The summed E-state index contributed by atoms with van der Waals surface area (Å²) >= 11 is 0. The molecule has 0 spiro atoms. The van der Waals surface area contributed by atoms with Gasteiger partial charge in [0.05, 0.1) is 11.7 Å². The third-order valence-electron chi connectivity index (χ3n) is 3.32. The molecule has 0 bridgehead atoms. The largest absolute Gasteiger partial charge is 0.319 e. The van der Waals surface area contributed by atoms with Gasteiger partial charge in [-0.3, -0.25) is 4.98 Å². The minimum absolute atomic E-state index is 0.148. The first kappa shape index (κ1) is 12.8. The SMILES string of the molecule is Cc1cnc(C(N)c2cc(C)ccc2C)c(C)c1. The van der Waals surface area contributed by atoms with Gasteiger partial charge in [0.25, 0.3) is 0 Å². The summed E-state index contributed by atoms with van der Waals surface area (Å²) in [6, 6.07) is 8.37. The fourth-order valence-electron chi connectivity index (χ4n) is 2.29. The quantitative estimate of drug-likeness (QED) is 0.874. The van der Waals surface area contributed by atoms with Crippen LogP contribution in [-0.2, 0) is 0 Å². The lowest BCUT2D eigenvalue weighted by Crippen LogP contribution is -2.16. The van der Waals surface area contributed by atoms with Crippen molar-refractivity contribution in [2.75, 3.05) is 0 Å². The maximum atomic E-state index is 6.37. The summed E-state index contributed by atoms with van der Waals surface area (Å²) in [5.41, 5.74) is 13.3. The summed E-state index contributed by atoms with van der Waals surface area (Å²) in [6.07, 6.45) is 1.88. The Morgan fingerprint density at radius 3 is 2.33 bits per heavy atom. The van der Waals surface area contributed by atoms with E-state index >= 15 is 0 Å². The van der Waals surface area contributed by atoms with Gasteiger partial charge in [-0.15, -0.1) is 0 Å². The van der Waals surface area contributed by atoms with Crippen molar-refractivity contribution in [3.8, 4) is 0 Å². The number of aryl methyl sites for hydroxylation is 4. The van der Waals surface area contributed by atoms with Gasteiger partial charge < -0.3 is 5.73 Å². The Labute approximate surface area is 109 Å². The van der Waals surface area contributed by atoms with Crippen LogP contribution in [0.2, 0.25) is 0 Å². The smallest absolute Gasteiger partial charge is 0.0731 e. The Kier molecular flexibility index (Phi) is 3.48. The Balaban J connectivity index is 2.47. The summed E-state index contributed by atoms with van der Waals surface area (Å²) in [5, 5.41) is 0. The molecule has 0 amide bonds. The van der Waals surface area contributed by atoms with E-state index in [0.717, 1.165) is 16.8 Å². The predicted octanol–water partition coefficient (Wildman–Crippen LogP) is 3.36. The topological polar surface area (TPSA) is 38.9 Å². The molecule has 0 fully saturated rings. The van der Waals surface area contributed by atoms with Gasteiger partial charge in [0.15, 0.2) is 0 Å². The molecule has 1 aromatic carbocycles. The summed E-state index contributed by atoms with van der Waals surface area (Å²) in [6.45, 7) is 8.30. The zero-order valence-electron chi connectivity index (χ0n) is 11.5. The van der Waals surface area contributed by atoms with Gasteiger partial charge in [0, 0.05) is 6.20 Å². The molecule has 0 aliphatic carbocycles. The van der Waals surface area contributed by atoms with Crippen molar-refractivity contribution in [3.05, 3.63) is 64.0 Å². The highest BCUT2D eigenvalue weighted by Crippen LogP contribution is 2.24. The van der Waals surface area contributed by atoms with Crippen LogP contribution in [0.25, 0.3) is 0 Å². The van der Waals surface area contributed by atoms with Gasteiger partial charge in [0.2, 0.25) is 0 Å². The van der Waals surface area contributed by atoms with Crippen LogP contribution in [0.5, 0.6) is 0 Å². The number of aromatic nitrogens is 1. The highest BCUT2D eigenvalue weighted by Gasteiger charge is 2.15. The number of nitrogens with zero attached hydrogens (tertiary/aromatic N) is 1. The normalized spacial score (nSPS) is 12.5. The van der Waals surface area contributed by atoms with Crippen molar-refractivity contribution < 1.29 is 0 Å². The Bertz CT molecular complexity index is 573. The van der Waals surface area contributed by atoms with E-state index in [2.05, 4.69) is 50.0 Å². The summed E-state index contributed by atoms with van der Waals surface area (Å²) in [5.74, 6) is 0. The van der Waals surface area contributed by atoms with Crippen molar-refractivity contribution in [3.63, 3.8) is 0 Å². The molecular formula is C16H20N2. The van der Waals surface area contributed by atoms with Gasteiger partial charge in [-0.2, -0.15) is 0 Å². The highest BCUT2D eigenvalue weighted by molar-refractivity contribution is 5.39. The molecule has 1 unspecified atom stereocenters. The van der Waals surface area contributed by atoms with E-state index in [4.69, 9.17) is 5.73 Å². The second-order valence-electron chi connectivity index (χ2n) is 5.05. The molecule has 18 heavy (non-hydrogen) atoms. The first-order chi connectivity index (χ1) is 8.49. The third-order valence-corrected chi connectivity index (χ3v) is 3.32. The van der Waals surface area contributed by atoms with Crippen molar-refractivity contribution in [2.45, 2.75) is 33.7 Å². The molecule has 0 radical (unpaired) electrons. The number of hydrogen-bond donors (Lipinski definition) is 1. The molecule has 2 N–H and O–H groups in total. The molecule has 94 valence electrons. The van der Waals surface area contributed by atoms with Crippen LogP contribution < -0.4 is 5.73 Å². The third kappa shape index (κ3) is 2.44. The van der Waals surface area contributed by atoms with Crippen molar-refractivity contribution >= 4 is 0 Å². The van der Waals surface area contributed by atoms with Gasteiger partial charge in [-0.25, -0.2) is 0 Å². The van der Waals surface area contributed by atoms with E-state index in [9.17, 15) is 0 Å². The Morgan fingerprint density at radius 2 is 1.67 bits per heavy atom. The zero-order valence-corrected chi connectivity index (χ0v) is 11.5. The second kappa shape index (κ2) is 4.91. The number of pyridine rings is 1. The minimum atomic E-state index is -0.148. The van der Waals surface area contributed by atoms with Crippen LogP contribution in [0.1, 0.15) is 39.6 Å². The van der Waals surface area contributed by atoms with Gasteiger partial charge in [-0.1, -0.05) is 29.8 Å². The average Bonchev–Trinajstić information content (AvgIpc) is 2.31. The monoisotopic (exact) mass is 240 g/mol. The predicted molar refractivity (Wildman–Crippen MR) is 75.7 cm³/mol. The van der Waals surface area contributed by atoms with E-state index in [1.165, 1.54) is 16.7 Å². The average molecular weight is 240 g/mol. The van der Waals surface area contributed by atoms with E-state index in [0.29, 0.717) is 0 Å². The zero-order chi connectivity index (χ0) is 13.3. The lowest BCUT2D eigenvalue weighted by atomic mass is 9.95. The lowest BCUT2D eigenvalue weighted by molar-refractivity contribution is 0.807. The number of nitrogens with two attached hydrogens (primary N) is 1. The summed E-state index contributed by atoms with van der Waals surface area (Å²) in [4.78, 5) is 4.50. The van der Waals surface area contributed by atoms with Crippen LogP contribution >= 0.6 is 0 Å². The van der Waals surface area contributed by atoms with Gasteiger partial charge >= 0.3 is 0 Å². The molecule has 1 atom stereocenters. The molecule has 2 heteroatoms. The van der Waals surface area contributed by atoms with Crippen LogP contribution in [0.3, 0.4) is 0 Å². The summed E-state index contributed by atoms with van der Waals surface area (Å²) in [7, 11) is 0. The molecule has 2 rings (SSSR count). The molecule has 0 saturated heterocycles. The minimum Gasteiger partial charge on any atom is -0.319 e. The first-order valence-electron chi connectivity index (χ1n) is 6.25. The van der Waals surface area contributed by atoms with Crippen LogP contribution in [0.15, 0.2) is 30.5 Å². The fraction of sp³-hybridized carbons (Fsp3) is 0.312. The molecule has 1 aromatic heterocycles. The molecule has 1 heterocycles. The van der Waals surface area contributed by atoms with Gasteiger partial charge in [0.1, 0.15) is 0 Å². The maximum absolute atomic E-state index is 6.37. The van der Waals surface area contributed by atoms with E-state index in [-0.39, 0.29) is 6.04 Å². The lowest BCUT2D eigenvalue weighted by Gasteiger charge is -2.17. The maximum Gasteiger partial charge on any atom is 0.0731 e. The Hall–Kier alpha value is -1.67. The highest BCUT2D eigenvalue weighted by atomic mass is 14.8. The number of benzene rings is 1. The second-order valence-corrected chi connectivity index (χ2v) is 5.05. The van der Waals surface area contributed by atoms with Crippen LogP contribution in [0.4, 0.5) is 0 Å². The standard InChI is InChI=1S/C16H20N2/c1-10-5-6-12(3)14(8-10)15(17)16-13(4)7-11(2)9-18-16/h5-9,15H,17H2,1-4H3. The first-order valence-corrected chi connectivity index (χ1v) is 6.25. The number of hydrogen-bond acceptors (Lipinski definition) is 2. The molecule has 0 aliphatic rings. The van der Waals surface area contributed by atoms with E-state index in [1.54, 1.807) is 0 Å². The fourth-order valence-corrected chi connectivity index (χ4v) is 2.29. The number of rotatable bonds is 2. The van der Waals surface area contributed by atoms with E-state index in [1.807, 2.05) is 13.1 Å². The molecule has 0 saturated carbocycles. The van der Waals surface area contributed by atoms with Gasteiger partial charge in [-0.05, 0) is 49.9 Å². The van der Waals surface area contributed by atoms with Crippen LogP contribution in [0, 0.1) is 27.7 Å². The molecular weight excluding hydrogens is 220 g/mol. The van der Waals surface area contributed by atoms with Crippen molar-refractivity contribution in [2.24, 2.45) is 5.73 Å². The van der Waals surface area contributed by atoms with Crippen molar-refractivity contribution in [1.29, 1.82) is 0 Å². The molecule has 2 nitrogen and oxygen atoms in total. The van der Waals surface area contributed by atoms with Crippen LogP contribution in [-0.4, -0.2) is 4.98 Å². The Morgan fingerprint density at radius 1 is 0.944 bits per heavy atom.